The van der Waals surface area contributed by atoms with Gasteiger partial charge < -0.3 is 20.7 Å². The molecule has 1 fully saturated rings. The lowest BCUT2D eigenvalue weighted by Crippen LogP contribution is -2.28. The van der Waals surface area contributed by atoms with Crippen LogP contribution in [0.15, 0.2) is 42.5 Å². The molecule has 0 saturated heterocycles. The zero-order chi connectivity index (χ0) is 21.3. The number of hydrogen-bond donors (Lipinski definition) is 3. The summed E-state index contributed by atoms with van der Waals surface area (Å²) in [6.45, 7) is 2.13. The normalized spacial score (nSPS) is 14.6. The number of anilines is 2. The second-order valence-corrected chi connectivity index (χ2v) is 7.85. The van der Waals surface area contributed by atoms with Crippen LogP contribution in [0, 0.1) is 0 Å². The fourth-order valence-corrected chi connectivity index (χ4v) is 3.82. The Morgan fingerprint density at radius 2 is 1.63 bits per heavy atom. The molecule has 3 N–H and O–H groups in total. The lowest BCUT2D eigenvalue weighted by Gasteiger charge is -2.17. The van der Waals surface area contributed by atoms with Gasteiger partial charge in [0, 0.05) is 36.4 Å². The summed E-state index contributed by atoms with van der Waals surface area (Å²) in [6, 6.07) is 13.2. The van der Waals surface area contributed by atoms with Gasteiger partial charge >= 0.3 is 0 Å². The molecule has 0 aromatic heterocycles. The first-order valence-electron chi connectivity index (χ1n) is 10.6. The summed E-state index contributed by atoms with van der Waals surface area (Å²) < 4.78 is 5.15. The minimum absolute atomic E-state index is 0.162. The van der Waals surface area contributed by atoms with Gasteiger partial charge in [0.1, 0.15) is 5.75 Å². The van der Waals surface area contributed by atoms with Gasteiger partial charge in [0.25, 0.3) is 5.91 Å². The van der Waals surface area contributed by atoms with E-state index in [2.05, 4.69) is 16.0 Å². The Hall–Kier alpha value is -2.86. The van der Waals surface area contributed by atoms with Crippen molar-refractivity contribution >= 4 is 23.2 Å². The van der Waals surface area contributed by atoms with Crippen molar-refractivity contribution in [2.75, 3.05) is 17.7 Å². The van der Waals surface area contributed by atoms with Gasteiger partial charge in [0.15, 0.2) is 0 Å². The number of carbonyl (C=O) groups is 2. The van der Waals surface area contributed by atoms with Crippen LogP contribution in [0.1, 0.15) is 61.4 Å². The van der Waals surface area contributed by atoms with Crippen LogP contribution in [0.5, 0.6) is 5.75 Å². The van der Waals surface area contributed by atoms with E-state index >= 15 is 0 Å². The lowest BCUT2D eigenvalue weighted by molar-refractivity contribution is -0.114. The van der Waals surface area contributed by atoms with E-state index in [1.54, 1.807) is 37.4 Å². The van der Waals surface area contributed by atoms with Crippen LogP contribution in [-0.4, -0.2) is 25.0 Å². The first-order chi connectivity index (χ1) is 14.5. The third kappa shape index (κ3) is 6.59. The van der Waals surface area contributed by atoms with E-state index in [-0.39, 0.29) is 11.8 Å². The third-order valence-electron chi connectivity index (χ3n) is 5.37. The van der Waals surface area contributed by atoms with Crippen LogP contribution in [-0.2, 0) is 11.3 Å². The average molecular weight is 410 g/mol. The SMILES string of the molecule is COc1ccc(NC(=O)c2cc(CNC3CCCCCC3)cc(NC(C)=O)c2)cc1. The standard InChI is InChI=1S/C24H31N3O3/c1-17(28)26-22-14-18(16-25-20-7-5-3-4-6-8-20)13-19(15-22)24(29)27-21-9-11-23(30-2)12-10-21/h9-15,20,25H,3-8,16H2,1-2H3,(H,26,28)(H,27,29). The Labute approximate surface area is 178 Å². The first kappa shape index (κ1) is 21.8. The minimum Gasteiger partial charge on any atom is -0.497 e. The maximum atomic E-state index is 12.8. The molecule has 3 rings (SSSR count). The second kappa shape index (κ2) is 10.8. The molecule has 1 saturated carbocycles. The maximum absolute atomic E-state index is 12.8. The van der Waals surface area contributed by atoms with E-state index in [0.717, 1.165) is 11.3 Å². The Morgan fingerprint density at radius 3 is 2.27 bits per heavy atom. The largest absolute Gasteiger partial charge is 0.497 e. The molecular weight excluding hydrogens is 378 g/mol. The summed E-state index contributed by atoms with van der Waals surface area (Å²) in [4.78, 5) is 24.4. The number of ether oxygens (including phenoxy) is 1. The van der Waals surface area contributed by atoms with Crippen molar-refractivity contribution in [1.82, 2.24) is 5.32 Å². The van der Waals surface area contributed by atoms with Crippen LogP contribution in [0.25, 0.3) is 0 Å². The molecule has 0 spiro atoms. The second-order valence-electron chi connectivity index (χ2n) is 7.85. The smallest absolute Gasteiger partial charge is 0.255 e. The number of amides is 2. The monoisotopic (exact) mass is 409 g/mol. The molecule has 30 heavy (non-hydrogen) atoms. The Bertz CT molecular complexity index is 856. The molecule has 2 aromatic carbocycles. The highest BCUT2D eigenvalue weighted by atomic mass is 16.5. The van der Waals surface area contributed by atoms with Crippen LogP contribution in [0.4, 0.5) is 11.4 Å². The highest BCUT2D eigenvalue weighted by molar-refractivity contribution is 6.05. The molecule has 2 aromatic rings. The fraction of sp³-hybridized carbons (Fsp3) is 0.417. The molecular formula is C24H31N3O3. The van der Waals surface area contributed by atoms with Gasteiger partial charge in [-0.3, -0.25) is 9.59 Å². The Kier molecular flexibility index (Phi) is 7.85. The molecule has 0 aliphatic heterocycles. The van der Waals surface area contributed by atoms with Crippen molar-refractivity contribution in [2.24, 2.45) is 0 Å². The molecule has 0 radical (unpaired) electrons. The van der Waals surface area contributed by atoms with Crippen LogP contribution in [0.2, 0.25) is 0 Å². The Balaban J connectivity index is 1.73. The molecule has 2 amide bonds. The van der Waals surface area contributed by atoms with Crippen molar-refractivity contribution < 1.29 is 14.3 Å². The van der Waals surface area contributed by atoms with E-state index in [0.29, 0.717) is 29.5 Å². The average Bonchev–Trinajstić information content (AvgIpc) is 3.01. The van der Waals surface area contributed by atoms with E-state index < -0.39 is 0 Å². The van der Waals surface area contributed by atoms with Gasteiger partial charge in [-0.1, -0.05) is 25.7 Å². The number of methoxy groups -OCH3 is 1. The van der Waals surface area contributed by atoms with E-state index in [1.165, 1.54) is 45.4 Å². The minimum atomic E-state index is -0.219. The van der Waals surface area contributed by atoms with E-state index in [1.807, 2.05) is 12.1 Å². The highest BCUT2D eigenvalue weighted by Crippen LogP contribution is 2.21. The lowest BCUT2D eigenvalue weighted by atomic mass is 10.1. The van der Waals surface area contributed by atoms with Crippen molar-refractivity contribution in [3.05, 3.63) is 53.6 Å². The molecule has 0 unspecified atom stereocenters. The molecule has 6 heteroatoms. The zero-order valence-electron chi connectivity index (χ0n) is 17.8. The highest BCUT2D eigenvalue weighted by Gasteiger charge is 2.14. The third-order valence-corrected chi connectivity index (χ3v) is 5.37. The van der Waals surface area contributed by atoms with Gasteiger partial charge in [-0.2, -0.15) is 0 Å². The summed E-state index contributed by atoms with van der Waals surface area (Å²) in [7, 11) is 1.60. The maximum Gasteiger partial charge on any atom is 0.255 e. The van der Waals surface area contributed by atoms with E-state index in [4.69, 9.17) is 4.74 Å². The topological polar surface area (TPSA) is 79.5 Å². The van der Waals surface area contributed by atoms with Gasteiger partial charge in [-0.25, -0.2) is 0 Å². The summed E-state index contributed by atoms with van der Waals surface area (Å²) in [5.74, 6) is 0.348. The zero-order valence-corrected chi connectivity index (χ0v) is 17.8. The van der Waals surface area contributed by atoms with Crippen molar-refractivity contribution in [2.45, 2.75) is 58.0 Å². The fourth-order valence-electron chi connectivity index (χ4n) is 3.82. The molecule has 0 bridgehead atoms. The molecule has 1 aliphatic carbocycles. The number of carbonyl (C=O) groups excluding carboxylic acids is 2. The predicted molar refractivity (Wildman–Crippen MR) is 120 cm³/mol. The van der Waals surface area contributed by atoms with E-state index in [9.17, 15) is 9.59 Å². The van der Waals surface area contributed by atoms with Crippen LogP contribution >= 0.6 is 0 Å². The van der Waals surface area contributed by atoms with Crippen molar-refractivity contribution in [1.29, 1.82) is 0 Å². The van der Waals surface area contributed by atoms with Crippen molar-refractivity contribution in [3.63, 3.8) is 0 Å². The van der Waals surface area contributed by atoms with Gasteiger partial charge in [-0.05, 0) is 60.9 Å². The summed E-state index contributed by atoms with van der Waals surface area (Å²) in [5.41, 5.74) is 2.80. The number of rotatable bonds is 7. The van der Waals surface area contributed by atoms with Gasteiger partial charge in [0.05, 0.1) is 7.11 Å². The first-order valence-corrected chi connectivity index (χ1v) is 10.6. The molecule has 0 heterocycles. The summed E-state index contributed by atoms with van der Waals surface area (Å²) in [6.07, 6.45) is 7.53. The van der Waals surface area contributed by atoms with Crippen molar-refractivity contribution in [3.8, 4) is 5.75 Å². The molecule has 1 aliphatic rings. The predicted octanol–water partition coefficient (Wildman–Crippen LogP) is 4.72. The molecule has 0 atom stereocenters. The number of hydrogen-bond acceptors (Lipinski definition) is 4. The quantitative estimate of drug-likeness (QED) is 0.578. The number of benzene rings is 2. The van der Waals surface area contributed by atoms with Crippen LogP contribution in [0.3, 0.4) is 0 Å². The summed E-state index contributed by atoms with van der Waals surface area (Å²) >= 11 is 0. The number of nitrogens with one attached hydrogen (secondary N) is 3. The summed E-state index contributed by atoms with van der Waals surface area (Å²) in [5, 5.41) is 9.34. The van der Waals surface area contributed by atoms with Gasteiger partial charge in [0.2, 0.25) is 5.91 Å². The molecule has 6 nitrogen and oxygen atoms in total. The van der Waals surface area contributed by atoms with Gasteiger partial charge in [-0.15, -0.1) is 0 Å². The molecule has 160 valence electrons. The Morgan fingerprint density at radius 1 is 0.933 bits per heavy atom. The van der Waals surface area contributed by atoms with Crippen LogP contribution < -0.4 is 20.7 Å².